The predicted molar refractivity (Wildman–Crippen MR) is 151 cm³/mol. The molecule has 12 heteroatoms. The van der Waals surface area contributed by atoms with Crippen LogP contribution < -0.4 is 10.6 Å². The molecule has 8 nitrogen and oxygen atoms in total. The van der Waals surface area contributed by atoms with Crippen LogP contribution in [-0.2, 0) is 10.9 Å². The molecule has 3 N–H and O–H groups in total. The Hall–Kier alpha value is -3.93. The van der Waals surface area contributed by atoms with Gasteiger partial charge in [0.25, 0.3) is 0 Å². The van der Waals surface area contributed by atoms with Crippen LogP contribution in [0, 0.1) is 5.82 Å². The number of alkyl halides is 3. The standard InChI is InChI=1S/C30H35F4N5O3/c1-29(2,3)42-28(41)39-14-11-19(12-15-39)22-10-9-21(17-24(22)31)36-27-35-18-23(30(32,33)34)26(38-27)37-25(13-16-40)20-7-5-4-6-8-20/h4-10,17-19,25,40H,11-16H2,1-3H3,(H2,35,36,37,38). The summed E-state index contributed by atoms with van der Waals surface area (Å²) in [5, 5.41) is 15.1. The van der Waals surface area contributed by atoms with Gasteiger partial charge in [-0.25, -0.2) is 14.2 Å². The van der Waals surface area contributed by atoms with Crippen LogP contribution in [0.1, 0.15) is 68.7 Å². The van der Waals surface area contributed by atoms with Gasteiger partial charge in [0.1, 0.15) is 22.8 Å². The molecular weight excluding hydrogens is 554 g/mol. The molecule has 226 valence electrons. The first-order valence-electron chi connectivity index (χ1n) is 13.7. The molecule has 0 spiro atoms. The Morgan fingerprint density at radius 2 is 1.81 bits per heavy atom. The molecule has 0 aliphatic carbocycles. The lowest BCUT2D eigenvalue weighted by molar-refractivity contribution is -0.137. The van der Waals surface area contributed by atoms with E-state index in [-0.39, 0.29) is 30.6 Å². The fourth-order valence-corrected chi connectivity index (χ4v) is 4.83. The fraction of sp³-hybridized carbons (Fsp3) is 0.433. The van der Waals surface area contributed by atoms with E-state index in [1.54, 1.807) is 68.1 Å². The van der Waals surface area contributed by atoms with Crippen molar-refractivity contribution in [3.63, 3.8) is 0 Å². The molecule has 1 amide bonds. The molecule has 1 aliphatic rings. The van der Waals surface area contributed by atoms with Crippen LogP contribution >= 0.6 is 0 Å². The van der Waals surface area contributed by atoms with Crippen molar-refractivity contribution < 1.29 is 32.2 Å². The number of carbonyl (C=O) groups is 1. The van der Waals surface area contributed by atoms with Crippen molar-refractivity contribution in [2.24, 2.45) is 0 Å². The smallest absolute Gasteiger partial charge is 0.421 e. The summed E-state index contributed by atoms with van der Waals surface area (Å²) >= 11 is 0. The van der Waals surface area contributed by atoms with Crippen molar-refractivity contribution in [2.75, 3.05) is 30.3 Å². The van der Waals surface area contributed by atoms with Crippen molar-refractivity contribution >= 4 is 23.5 Å². The lowest BCUT2D eigenvalue weighted by Crippen LogP contribution is -2.41. The fourth-order valence-electron chi connectivity index (χ4n) is 4.83. The first-order valence-corrected chi connectivity index (χ1v) is 13.7. The number of hydrogen-bond donors (Lipinski definition) is 3. The summed E-state index contributed by atoms with van der Waals surface area (Å²) in [4.78, 5) is 21.8. The minimum Gasteiger partial charge on any atom is -0.444 e. The Bertz CT molecular complexity index is 1360. The molecule has 2 aromatic carbocycles. The van der Waals surface area contributed by atoms with Gasteiger partial charge in [0.05, 0.1) is 6.04 Å². The van der Waals surface area contributed by atoms with Crippen molar-refractivity contribution in [1.82, 2.24) is 14.9 Å². The second-order valence-corrected chi connectivity index (χ2v) is 11.2. The van der Waals surface area contributed by atoms with Crippen molar-refractivity contribution in [2.45, 2.75) is 63.8 Å². The highest BCUT2D eigenvalue weighted by Gasteiger charge is 2.36. The van der Waals surface area contributed by atoms with Gasteiger partial charge in [0.2, 0.25) is 5.95 Å². The van der Waals surface area contributed by atoms with Gasteiger partial charge < -0.3 is 25.4 Å². The summed E-state index contributed by atoms with van der Waals surface area (Å²) in [6.07, 6.45) is -3.17. The summed E-state index contributed by atoms with van der Waals surface area (Å²) in [5.74, 6) is -1.19. The molecular formula is C30H35F4N5O3. The number of nitrogens with zero attached hydrogens (tertiary/aromatic N) is 3. The van der Waals surface area contributed by atoms with Gasteiger partial charge in [-0.15, -0.1) is 0 Å². The molecule has 1 atom stereocenters. The van der Waals surface area contributed by atoms with Gasteiger partial charge in [0.15, 0.2) is 0 Å². The number of anilines is 3. The zero-order valence-electron chi connectivity index (χ0n) is 23.7. The topological polar surface area (TPSA) is 99.6 Å². The van der Waals surface area contributed by atoms with Gasteiger partial charge in [0, 0.05) is 31.6 Å². The Morgan fingerprint density at radius 3 is 2.40 bits per heavy atom. The Morgan fingerprint density at radius 1 is 1.12 bits per heavy atom. The van der Waals surface area contributed by atoms with E-state index >= 15 is 4.39 Å². The number of ether oxygens (including phenoxy) is 1. The van der Waals surface area contributed by atoms with Crippen molar-refractivity contribution in [3.8, 4) is 0 Å². The molecule has 1 unspecified atom stereocenters. The van der Waals surface area contributed by atoms with Crippen molar-refractivity contribution in [1.29, 1.82) is 0 Å². The Labute approximate surface area is 242 Å². The average molecular weight is 590 g/mol. The summed E-state index contributed by atoms with van der Waals surface area (Å²) < 4.78 is 62.0. The number of nitrogens with one attached hydrogen (secondary N) is 2. The highest BCUT2D eigenvalue weighted by Crippen LogP contribution is 2.37. The van der Waals surface area contributed by atoms with E-state index < -0.39 is 41.1 Å². The highest BCUT2D eigenvalue weighted by molar-refractivity contribution is 5.68. The molecule has 1 aromatic heterocycles. The maximum absolute atomic E-state index is 15.2. The van der Waals surface area contributed by atoms with Crippen LogP contribution in [0.3, 0.4) is 0 Å². The second-order valence-electron chi connectivity index (χ2n) is 11.2. The Balaban J connectivity index is 1.48. The third-order valence-electron chi connectivity index (χ3n) is 6.87. The number of aliphatic hydroxyl groups excluding tert-OH is 1. The van der Waals surface area contributed by atoms with Gasteiger partial charge in [-0.05, 0) is 69.2 Å². The number of likely N-dealkylation sites (tertiary alicyclic amines) is 1. The van der Waals surface area contributed by atoms with Crippen LogP contribution in [0.25, 0.3) is 0 Å². The third-order valence-corrected chi connectivity index (χ3v) is 6.87. The molecule has 3 aromatic rings. The summed E-state index contributed by atoms with van der Waals surface area (Å²) in [7, 11) is 0. The van der Waals surface area contributed by atoms with Crippen LogP contribution in [0.5, 0.6) is 0 Å². The number of rotatable bonds is 8. The van der Waals surface area contributed by atoms with E-state index in [1.807, 2.05) is 0 Å². The van der Waals surface area contributed by atoms with E-state index in [4.69, 9.17) is 4.74 Å². The average Bonchev–Trinajstić information content (AvgIpc) is 2.92. The van der Waals surface area contributed by atoms with E-state index in [9.17, 15) is 23.1 Å². The SMILES string of the molecule is CC(C)(C)OC(=O)N1CCC(c2ccc(Nc3ncc(C(F)(F)F)c(NC(CCO)c4ccccc4)n3)cc2F)CC1. The molecule has 0 bridgehead atoms. The molecule has 0 saturated carbocycles. The van der Waals surface area contributed by atoms with Gasteiger partial charge >= 0.3 is 12.3 Å². The van der Waals surface area contributed by atoms with Crippen LogP contribution in [-0.4, -0.2) is 51.4 Å². The summed E-state index contributed by atoms with van der Waals surface area (Å²) in [6.45, 7) is 6.02. The number of halogens is 4. The Kier molecular flexibility index (Phi) is 9.55. The zero-order chi connectivity index (χ0) is 30.5. The van der Waals surface area contributed by atoms with Gasteiger partial charge in [-0.1, -0.05) is 36.4 Å². The third kappa shape index (κ3) is 8.09. The number of carbonyl (C=O) groups excluding carboxylic acids is 1. The van der Waals surface area contributed by atoms with Crippen LogP contribution in [0.4, 0.5) is 39.8 Å². The molecule has 42 heavy (non-hydrogen) atoms. The highest BCUT2D eigenvalue weighted by atomic mass is 19.4. The number of aromatic nitrogens is 2. The predicted octanol–water partition coefficient (Wildman–Crippen LogP) is 7.03. The molecule has 2 heterocycles. The number of amides is 1. The number of piperidine rings is 1. The molecule has 1 saturated heterocycles. The molecule has 4 rings (SSSR count). The lowest BCUT2D eigenvalue weighted by atomic mass is 9.89. The van der Waals surface area contributed by atoms with E-state index in [0.29, 0.717) is 43.3 Å². The van der Waals surface area contributed by atoms with Gasteiger partial charge in [-0.3, -0.25) is 0 Å². The molecule has 0 radical (unpaired) electrons. The van der Waals surface area contributed by atoms with Crippen LogP contribution in [0.2, 0.25) is 0 Å². The van der Waals surface area contributed by atoms with Gasteiger partial charge in [-0.2, -0.15) is 18.2 Å². The maximum Gasteiger partial charge on any atom is 0.421 e. The minimum absolute atomic E-state index is 0.0997. The normalized spacial score (nSPS) is 15.3. The molecule has 1 aliphatic heterocycles. The second kappa shape index (κ2) is 12.9. The quantitative estimate of drug-likeness (QED) is 0.243. The lowest BCUT2D eigenvalue weighted by Gasteiger charge is -2.33. The van der Waals surface area contributed by atoms with Crippen LogP contribution in [0.15, 0.2) is 54.7 Å². The first kappa shape index (κ1) is 31.0. The van der Waals surface area contributed by atoms with E-state index in [2.05, 4.69) is 20.6 Å². The molecule has 1 fully saturated rings. The largest absolute Gasteiger partial charge is 0.444 e. The number of aliphatic hydroxyl groups is 1. The summed E-state index contributed by atoms with van der Waals surface area (Å²) in [6, 6.07) is 12.6. The number of hydrogen-bond acceptors (Lipinski definition) is 7. The number of benzene rings is 2. The zero-order valence-corrected chi connectivity index (χ0v) is 23.7. The van der Waals surface area contributed by atoms with E-state index in [0.717, 1.165) is 0 Å². The monoisotopic (exact) mass is 589 g/mol. The first-order chi connectivity index (χ1) is 19.8. The summed E-state index contributed by atoms with van der Waals surface area (Å²) in [5.41, 5.74) is -0.217. The van der Waals surface area contributed by atoms with Crippen molar-refractivity contribution in [3.05, 3.63) is 77.2 Å². The maximum atomic E-state index is 15.2. The minimum atomic E-state index is -4.73. The van der Waals surface area contributed by atoms with E-state index in [1.165, 1.54) is 6.07 Å².